The number of benzene rings is 1. The van der Waals surface area contributed by atoms with Crippen LogP contribution in [-0.4, -0.2) is 17.9 Å². The number of aromatic nitrogens is 1. The summed E-state index contributed by atoms with van der Waals surface area (Å²) in [6.45, 7) is 0. The molecule has 4 heteroatoms. The molecule has 90 valence electrons. The molecule has 1 aromatic heterocycles. The van der Waals surface area contributed by atoms with Crippen molar-refractivity contribution in [3.8, 4) is 6.07 Å². The molecule has 2 aromatic rings. The number of hydrogen-bond acceptors (Lipinski definition) is 2. The van der Waals surface area contributed by atoms with Gasteiger partial charge in [-0.25, -0.2) is 0 Å². The number of aromatic amines is 1. The standard InChI is InChI=1S/C14H13N3O/c1-17(13(18)14(9-15)6-7-14)12-8-16-11-5-3-2-4-10(11)12/h2-5,8,16H,6-7H2,1H3. The lowest BCUT2D eigenvalue weighted by atomic mass is 10.1. The second-order valence-corrected chi connectivity index (χ2v) is 4.78. The number of fused-ring (bicyclic) bond motifs is 1. The van der Waals surface area contributed by atoms with Crippen molar-refractivity contribution in [1.29, 1.82) is 5.26 Å². The normalized spacial score (nSPS) is 16.2. The van der Waals surface area contributed by atoms with Crippen molar-refractivity contribution in [3.63, 3.8) is 0 Å². The summed E-state index contributed by atoms with van der Waals surface area (Å²) < 4.78 is 0. The van der Waals surface area contributed by atoms with Crippen molar-refractivity contribution in [2.45, 2.75) is 12.8 Å². The van der Waals surface area contributed by atoms with Crippen LogP contribution in [0.1, 0.15) is 12.8 Å². The fourth-order valence-corrected chi connectivity index (χ4v) is 2.26. The van der Waals surface area contributed by atoms with Gasteiger partial charge in [-0.05, 0) is 18.9 Å². The van der Waals surface area contributed by atoms with Crippen LogP contribution in [0.15, 0.2) is 30.5 Å². The molecule has 1 aliphatic rings. The van der Waals surface area contributed by atoms with Crippen molar-refractivity contribution in [1.82, 2.24) is 4.98 Å². The van der Waals surface area contributed by atoms with Gasteiger partial charge in [-0.15, -0.1) is 0 Å². The average molecular weight is 239 g/mol. The number of amides is 1. The lowest BCUT2D eigenvalue weighted by molar-refractivity contribution is -0.121. The van der Waals surface area contributed by atoms with E-state index in [2.05, 4.69) is 11.1 Å². The minimum absolute atomic E-state index is 0.102. The number of hydrogen-bond donors (Lipinski definition) is 1. The Morgan fingerprint density at radius 2 is 2.17 bits per heavy atom. The molecule has 3 rings (SSSR count). The minimum Gasteiger partial charge on any atom is -0.359 e. The summed E-state index contributed by atoms with van der Waals surface area (Å²) in [6, 6.07) is 9.96. The van der Waals surface area contributed by atoms with Gasteiger partial charge >= 0.3 is 0 Å². The molecule has 1 saturated carbocycles. The molecule has 0 spiro atoms. The van der Waals surface area contributed by atoms with Crippen molar-refractivity contribution < 1.29 is 4.79 Å². The number of para-hydroxylation sites is 1. The lowest BCUT2D eigenvalue weighted by Crippen LogP contribution is -2.33. The smallest absolute Gasteiger partial charge is 0.247 e. The van der Waals surface area contributed by atoms with Crippen LogP contribution in [0.5, 0.6) is 0 Å². The summed E-state index contributed by atoms with van der Waals surface area (Å²) in [7, 11) is 1.73. The Kier molecular flexibility index (Phi) is 2.17. The third-order valence-electron chi connectivity index (χ3n) is 3.61. The third-order valence-corrected chi connectivity index (χ3v) is 3.61. The molecule has 1 aromatic carbocycles. The number of rotatable bonds is 2. The second kappa shape index (κ2) is 3.61. The first-order valence-electron chi connectivity index (χ1n) is 5.93. The van der Waals surface area contributed by atoms with Gasteiger partial charge in [0.15, 0.2) is 0 Å². The van der Waals surface area contributed by atoms with E-state index in [4.69, 9.17) is 5.26 Å². The molecule has 0 atom stereocenters. The summed E-state index contributed by atoms with van der Waals surface area (Å²) in [5, 5.41) is 10.1. The lowest BCUT2D eigenvalue weighted by Gasteiger charge is -2.18. The molecule has 4 nitrogen and oxygen atoms in total. The maximum Gasteiger partial charge on any atom is 0.247 e. The van der Waals surface area contributed by atoms with Gasteiger partial charge in [-0.2, -0.15) is 5.26 Å². The van der Waals surface area contributed by atoms with Crippen molar-refractivity contribution >= 4 is 22.5 Å². The van der Waals surface area contributed by atoms with Gasteiger partial charge in [-0.1, -0.05) is 18.2 Å². The van der Waals surface area contributed by atoms with Gasteiger partial charge in [0.05, 0.1) is 11.8 Å². The minimum atomic E-state index is -0.771. The quantitative estimate of drug-likeness (QED) is 0.874. The summed E-state index contributed by atoms with van der Waals surface area (Å²) in [5.74, 6) is -0.102. The van der Waals surface area contributed by atoms with Crippen molar-refractivity contribution in [2.75, 3.05) is 11.9 Å². The Bertz CT molecular complexity index is 661. The number of nitrogens with zero attached hydrogens (tertiary/aromatic N) is 2. The molecule has 0 unspecified atom stereocenters. The summed E-state index contributed by atoms with van der Waals surface area (Å²) in [4.78, 5) is 17.0. The fourth-order valence-electron chi connectivity index (χ4n) is 2.26. The molecule has 0 saturated heterocycles. The average Bonchev–Trinajstić information content (AvgIpc) is 3.10. The van der Waals surface area contributed by atoms with Crippen LogP contribution >= 0.6 is 0 Å². The van der Waals surface area contributed by atoms with Gasteiger partial charge in [-0.3, -0.25) is 4.79 Å². The maximum atomic E-state index is 12.3. The van der Waals surface area contributed by atoms with E-state index < -0.39 is 5.41 Å². The number of anilines is 1. The van der Waals surface area contributed by atoms with Crippen molar-refractivity contribution in [3.05, 3.63) is 30.5 Å². The van der Waals surface area contributed by atoms with Crippen LogP contribution in [0.25, 0.3) is 10.9 Å². The maximum absolute atomic E-state index is 12.3. The summed E-state index contributed by atoms with van der Waals surface area (Å²) >= 11 is 0. The molecule has 1 N–H and O–H groups in total. The van der Waals surface area contributed by atoms with E-state index in [0.717, 1.165) is 16.6 Å². The van der Waals surface area contributed by atoms with E-state index in [1.807, 2.05) is 30.5 Å². The van der Waals surface area contributed by atoms with Crippen LogP contribution in [0.4, 0.5) is 5.69 Å². The van der Waals surface area contributed by atoms with E-state index in [9.17, 15) is 4.79 Å². The van der Waals surface area contributed by atoms with Gasteiger partial charge in [0, 0.05) is 24.1 Å². The van der Waals surface area contributed by atoms with E-state index >= 15 is 0 Å². The Balaban J connectivity index is 2.00. The van der Waals surface area contributed by atoms with Gasteiger partial charge < -0.3 is 9.88 Å². The molecule has 0 radical (unpaired) electrons. The van der Waals surface area contributed by atoms with E-state index in [1.165, 1.54) is 0 Å². The molecule has 1 amide bonds. The highest BCUT2D eigenvalue weighted by Crippen LogP contribution is 2.47. The second-order valence-electron chi connectivity index (χ2n) is 4.78. The molecule has 18 heavy (non-hydrogen) atoms. The Labute approximate surface area is 105 Å². The largest absolute Gasteiger partial charge is 0.359 e. The predicted molar refractivity (Wildman–Crippen MR) is 69.0 cm³/mol. The zero-order valence-corrected chi connectivity index (χ0v) is 10.1. The molecular weight excluding hydrogens is 226 g/mol. The zero-order valence-electron chi connectivity index (χ0n) is 10.1. The number of nitrogens with one attached hydrogen (secondary N) is 1. The topological polar surface area (TPSA) is 59.9 Å². The zero-order chi connectivity index (χ0) is 12.8. The van der Waals surface area contributed by atoms with E-state index in [-0.39, 0.29) is 5.91 Å². The number of H-pyrrole nitrogens is 1. The monoisotopic (exact) mass is 239 g/mol. The summed E-state index contributed by atoms with van der Waals surface area (Å²) in [6.07, 6.45) is 3.17. The predicted octanol–water partition coefficient (Wildman–Crippen LogP) is 2.43. The van der Waals surface area contributed by atoms with Crippen LogP contribution in [0.2, 0.25) is 0 Å². The van der Waals surface area contributed by atoms with E-state index in [1.54, 1.807) is 11.9 Å². The van der Waals surface area contributed by atoms with Crippen LogP contribution in [0, 0.1) is 16.7 Å². The highest BCUT2D eigenvalue weighted by Gasteiger charge is 2.52. The first-order chi connectivity index (χ1) is 8.68. The number of nitriles is 1. The highest BCUT2D eigenvalue weighted by atomic mass is 16.2. The van der Waals surface area contributed by atoms with Crippen molar-refractivity contribution in [2.24, 2.45) is 5.41 Å². The Hall–Kier alpha value is -2.28. The van der Waals surface area contributed by atoms with E-state index in [0.29, 0.717) is 12.8 Å². The van der Waals surface area contributed by atoms with Crippen LogP contribution < -0.4 is 4.90 Å². The Morgan fingerprint density at radius 1 is 1.44 bits per heavy atom. The van der Waals surface area contributed by atoms with Gasteiger partial charge in [0.1, 0.15) is 5.41 Å². The Morgan fingerprint density at radius 3 is 2.83 bits per heavy atom. The molecular formula is C14H13N3O. The van der Waals surface area contributed by atoms with Gasteiger partial charge in [0.2, 0.25) is 5.91 Å². The number of carbonyl (C=O) groups is 1. The molecule has 1 fully saturated rings. The molecule has 1 aliphatic carbocycles. The van der Waals surface area contributed by atoms with Crippen LogP contribution in [0.3, 0.4) is 0 Å². The van der Waals surface area contributed by atoms with Crippen LogP contribution in [-0.2, 0) is 4.79 Å². The molecule has 0 aliphatic heterocycles. The fraction of sp³-hybridized carbons (Fsp3) is 0.286. The molecule has 1 heterocycles. The highest BCUT2D eigenvalue weighted by molar-refractivity contribution is 6.06. The number of carbonyl (C=O) groups excluding carboxylic acids is 1. The molecule has 0 bridgehead atoms. The summed E-state index contributed by atoms with van der Waals surface area (Å²) in [5.41, 5.74) is 1.05. The SMILES string of the molecule is CN(C(=O)C1(C#N)CC1)c1c[nH]c2ccccc12. The van der Waals surface area contributed by atoms with Gasteiger partial charge in [0.25, 0.3) is 0 Å². The first-order valence-corrected chi connectivity index (χ1v) is 5.93. The first kappa shape index (κ1) is 10.8. The third kappa shape index (κ3) is 1.41.